The highest BCUT2D eigenvalue weighted by Crippen LogP contribution is 2.38. The number of hydrogen-bond donors (Lipinski definition) is 0. The quantitative estimate of drug-likeness (QED) is 0.510. The van der Waals surface area contributed by atoms with Gasteiger partial charge in [0.15, 0.2) is 0 Å². The van der Waals surface area contributed by atoms with Crippen molar-refractivity contribution in [2.45, 2.75) is 13.3 Å². The van der Waals surface area contributed by atoms with E-state index in [-0.39, 0.29) is 11.9 Å². The number of ether oxygens (including phenoxy) is 1. The Kier molecular flexibility index (Phi) is 2.05. The minimum Gasteiger partial charge on any atom is -0.426 e. The van der Waals surface area contributed by atoms with E-state index in [0.29, 0.717) is 11.7 Å². The van der Waals surface area contributed by atoms with E-state index in [2.05, 4.69) is 6.92 Å². The molecule has 2 rings (SSSR count). The maximum absolute atomic E-state index is 11.4. The topological polar surface area (TPSA) is 26.3 Å². The van der Waals surface area contributed by atoms with Crippen molar-refractivity contribution in [3.8, 4) is 5.75 Å². The van der Waals surface area contributed by atoms with Crippen LogP contribution in [-0.2, 0) is 4.79 Å². The second-order valence-corrected chi connectivity index (χ2v) is 3.55. The fourth-order valence-electron chi connectivity index (χ4n) is 1.33. The van der Waals surface area contributed by atoms with Crippen LogP contribution >= 0.6 is 0 Å². The third-order valence-electron chi connectivity index (χ3n) is 2.37. The first-order valence-corrected chi connectivity index (χ1v) is 4.54. The monoisotopic (exact) mass is 176 g/mol. The molecule has 2 unspecified atom stereocenters. The fourth-order valence-corrected chi connectivity index (χ4v) is 1.33. The highest BCUT2D eigenvalue weighted by Gasteiger charge is 2.40. The zero-order valence-corrected chi connectivity index (χ0v) is 7.57. The van der Waals surface area contributed by atoms with E-state index in [1.54, 1.807) is 12.1 Å². The van der Waals surface area contributed by atoms with Crippen LogP contribution in [0.4, 0.5) is 0 Å². The number of esters is 1. The smallest absolute Gasteiger partial charge is 0.314 e. The molecule has 0 radical (unpaired) electrons. The third kappa shape index (κ3) is 1.89. The molecule has 13 heavy (non-hydrogen) atoms. The van der Waals surface area contributed by atoms with E-state index >= 15 is 0 Å². The molecule has 0 N–H and O–H groups in total. The summed E-state index contributed by atoms with van der Waals surface area (Å²) in [5, 5.41) is 0. The van der Waals surface area contributed by atoms with E-state index in [4.69, 9.17) is 4.74 Å². The molecule has 68 valence electrons. The summed E-state index contributed by atoms with van der Waals surface area (Å²) >= 11 is 0. The van der Waals surface area contributed by atoms with Gasteiger partial charge < -0.3 is 4.74 Å². The third-order valence-corrected chi connectivity index (χ3v) is 2.37. The Morgan fingerprint density at radius 3 is 2.54 bits per heavy atom. The Morgan fingerprint density at radius 2 is 2.00 bits per heavy atom. The molecule has 2 nitrogen and oxygen atoms in total. The number of para-hydroxylation sites is 1. The Hall–Kier alpha value is -1.31. The first-order chi connectivity index (χ1) is 6.27. The van der Waals surface area contributed by atoms with Gasteiger partial charge in [-0.25, -0.2) is 0 Å². The van der Waals surface area contributed by atoms with Crippen LogP contribution in [0.3, 0.4) is 0 Å². The summed E-state index contributed by atoms with van der Waals surface area (Å²) in [6, 6.07) is 9.21. The predicted molar refractivity (Wildman–Crippen MR) is 49.3 cm³/mol. The summed E-state index contributed by atoms with van der Waals surface area (Å²) < 4.78 is 5.17. The maximum atomic E-state index is 11.4. The molecule has 0 spiro atoms. The summed E-state index contributed by atoms with van der Waals surface area (Å²) in [5.74, 6) is 1.21. The predicted octanol–water partition coefficient (Wildman–Crippen LogP) is 2.25. The normalized spacial score (nSPS) is 25.3. The molecule has 1 aromatic carbocycles. The zero-order valence-electron chi connectivity index (χ0n) is 7.57. The van der Waals surface area contributed by atoms with Crippen LogP contribution in [0.25, 0.3) is 0 Å². The van der Waals surface area contributed by atoms with Crippen molar-refractivity contribution in [3.63, 3.8) is 0 Å². The first-order valence-electron chi connectivity index (χ1n) is 4.54. The number of carbonyl (C=O) groups is 1. The molecule has 1 saturated carbocycles. The summed E-state index contributed by atoms with van der Waals surface area (Å²) in [6.07, 6.45) is 0.978. The molecule has 0 aromatic heterocycles. The Labute approximate surface area is 77.5 Å². The zero-order chi connectivity index (χ0) is 9.26. The van der Waals surface area contributed by atoms with Gasteiger partial charge in [0.1, 0.15) is 5.75 Å². The van der Waals surface area contributed by atoms with Gasteiger partial charge in [0.2, 0.25) is 0 Å². The van der Waals surface area contributed by atoms with Crippen molar-refractivity contribution in [1.29, 1.82) is 0 Å². The molecular weight excluding hydrogens is 164 g/mol. The van der Waals surface area contributed by atoms with Crippen LogP contribution in [-0.4, -0.2) is 5.97 Å². The first kappa shape index (κ1) is 8.30. The molecule has 0 aliphatic heterocycles. The number of benzene rings is 1. The van der Waals surface area contributed by atoms with Crippen molar-refractivity contribution < 1.29 is 9.53 Å². The Bertz CT molecular complexity index is 305. The number of rotatable bonds is 2. The van der Waals surface area contributed by atoms with Crippen molar-refractivity contribution in [2.24, 2.45) is 11.8 Å². The lowest BCUT2D eigenvalue weighted by Gasteiger charge is -2.01. The molecule has 2 heteroatoms. The van der Waals surface area contributed by atoms with Gasteiger partial charge in [-0.1, -0.05) is 25.1 Å². The van der Waals surface area contributed by atoms with Crippen LogP contribution in [0.5, 0.6) is 5.75 Å². The maximum Gasteiger partial charge on any atom is 0.314 e. The van der Waals surface area contributed by atoms with E-state index in [1.807, 2.05) is 18.2 Å². The van der Waals surface area contributed by atoms with Gasteiger partial charge in [0, 0.05) is 0 Å². The minimum atomic E-state index is -0.0845. The minimum absolute atomic E-state index is 0.0845. The van der Waals surface area contributed by atoms with Gasteiger partial charge in [-0.3, -0.25) is 4.79 Å². The van der Waals surface area contributed by atoms with Gasteiger partial charge in [-0.2, -0.15) is 0 Å². The lowest BCUT2D eigenvalue weighted by atomic mass is 10.3. The van der Waals surface area contributed by atoms with Crippen LogP contribution in [0.2, 0.25) is 0 Å². The molecule has 0 saturated heterocycles. The molecule has 1 fully saturated rings. The second-order valence-electron chi connectivity index (χ2n) is 3.55. The highest BCUT2D eigenvalue weighted by atomic mass is 16.5. The van der Waals surface area contributed by atoms with Gasteiger partial charge in [-0.15, -0.1) is 0 Å². The summed E-state index contributed by atoms with van der Waals surface area (Å²) in [7, 11) is 0. The van der Waals surface area contributed by atoms with Crippen LogP contribution in [0, 0.1) is 11.8 Å². The average Bonchev–Trinajstić information content (AvgIpc) is 2.84. The van der Waals surface area contributed by atoms with Gasteiger partial charge in [0.05, 0.1) is 5.92 Å². The van der Waals surface area contributed by atoms with E-state index in [1.165, 1.54) is 0 Å². The molecule has 2 atom stereocenters. The van der Waals surface area contributed by atoms with E-state index < -0.39 is 0 Å². The molecule has 1 aliphatic carbocycles. The van der Waals surface area contributed by atoms with Crippen molar-refractivity contribution >= 4 is 5.97 Å². The van der Waals surface area contributed by atoms with Crippen molar-refractivity contribution in [2.75, 3.05) is 0 Å². The molecule has 1 aliphatic rings. The fraction of sp³-hybridized carbons (Fsp3) is 0.364. The van der Waals surface area contributed by atoms with Crippen LogP contribution in [0.15, 0.2) is 30.3 Å². The van der Waals surface area contributed by atoms with Crippen LogP contribution < -0.4 is 4.74 Å². The standard InChI is InChI=1S/C11H12O2/c1-8-7-10(8)11(12)13-9-5-3-2-4-6-9/h2-6,8,10H,7H2,1H3. The lowest BCUT2D eigenvalue weighted by molar-refractivity contribution is -0.136. The molecule has 0 bridgehead atoms. The summed E-state index contributed by atoms with van der Waals surface area (Å²) in [4.78, 5) is 11.4. The van der Waals surface area contributed by atoms with Crippen LogP contribution in [0.1, 0.15) is 13.3 Å². The van der Waals surface area contributed by atoms with E-state index in [0.717, 1.165) is 6.42 Å². The summed E-state index contributed by atoms with van der Waals surface area (Å²) in [6.45, 7) is 2.07. The second kappa shape index (κ2) is 3.21. The molecule has 0 heterocycles. The highest BCUT2D eigenvalue weighted by molar-refractivity contribution is 5.77. The molecule has 0 amide bonds. The Balaban J connectivity index is 1.95. The number of hydrogen-bond acceptors (Lipinski definition) is 2. The lowest BCUT2D eigenvalue weighted by Crippen LogP contribution is -2.10. The van der Waals surface area contributed by atoms with Gasteiger partial charge in [-0.05, 0) is 24.5 Å². The van der Waals surface area contributed by atoms with E-state index in [9.17, 15) is 4.79 Å². The van der Waals surface area contributed by atoms with Gasteiger partial charge >= 0.3 is 5.97 Å². The van der Waals surface area contributed by atoms with Crippen molar-refractivity contribution in [1.82, 2.24) is 0 Å². The summed E-state index contributed by atoms with van der Waals surface area (Å²) in [5.41, 5.74) is 0. The largest absolute Gasteiger partial charge is 0.426 e. The van der Waals surface area contributed by atoms with Crippen molar-refractivity contribution in [3.05, 3.63) is 30.3 Å². The molecular formula is C11H12O2. The SMILES string of the molecule is CC1CC1C(=O)Oc1ccccc1. The molecule has 1 aromatic rings. The Morgan fingerprint density at radius 1 is 1.38 bits per heavy atom. The average molecular weight is 176 g/mol. The number of carbonyl (C=O) groups excluding carboxylic acids is 1. The van der Waals surface area contributed by atoms with Gasteiger partial charge in [0.25, 0.3) is 0 Å².